The van der Waals surface area contributed by atoms with Crippen molar-refractivity contribution in [3.05, 3.63) is 57.3 Å². The van der Waals surface area contributed by atoms with E-state index in [9.17, 15) is 4.79 Å². The molecule has 0 unspecified atom stereocenters. The summed E-state index contributed by atoms with van der Waals surface area (Å²) < 4.78 is 1.83. The number of nitrogens with zero attached hydrogens (tertiary/aromatic N) is 2. The van der Waals surface area contributed by atoms with E-state index >= 15 is 0 Å². The van der Waals surface area contributed by atoms with Gasteiger partial charge in [-0.25, -0.2) is 4.99 Å². The molecule has 0 spiro atoms. The molecule has 2 aromatic rings. The number of carbonyl (C=O) groups excluding carboxylic acids is 1. The largest absolute Gasteiger partial charge is 0.357 e. The summed E-state index contributed by atoms with van der Waals surface area (Å²) >= 11 is 12.2. The van der Waals surface area contributed by atoms with Gasteiger partial charge in [0.1, 0.15) is 5.15 Å². The van der Waals surface area contributed by atoms with E-state index in [1.165, 1.54) is 0 Å². The van der Waals surface area contributed by atoms with Crippen molar-refractivity contribution in [3.8, 4) is 0 Å². The van der Waals surface area contributed by atoms with Crippen LogP contribution in [0.4, 0.5) is 0 Å². The summed E-state index contributed by atoms with van der Waals surface area (Å²) in [6, 6.07) is 9.33. The molecular weight excluding hydrogens is 536 g/mol. The van der Waals surface area contributed by atoms with Crippen molar-refractivity contribution in [1.82, 2.24) is 20.5 Å². The van der Waals surface area contributed by atoms with Crippen LogP contribution in [0.3, 0.4) is 0 Å². The molecule has 9 heteroatoms. The van der Waals surface area contributed by atoms with E-state index in [1.807, 2.05) is 63.6 Å². The third kappa shape index (κ3) is 8.00. The van der Waals surface area contributed by atoms with Gasteiger partial charge in [0.25, 0.3) is 5.91 Å². The second kappa shape index (κ2) is 11.8. The molecule has 1 amide bonds. The number of rotatable bonds is 6. The second-order valence-electron chi connectivity index (χ2n) is 7.79. The van der Waals surface area contributed by atoms with Crippen LogP contribution in [-0.2, 0) is 20.1 Å². The van der Waals surface area contributed by atoms with Crippen LogP contribution in [0, 0.1) is 0 Å². The lowest BCUT2D eigenvalue weighted by molar-refractivity contribution is 0.0919. The van der Waals surface area contributed by atoms with Gasteiger partial charge in [-0.15, -0.1) is 24.0 Å². The molecule has 0 aliphatic rings. The highest BCUT2D eigenvalue weighted by molar-refractivity contribution is 14.0. The van der Waals surface area contributed by atoms with Crippen molar-refractivity contribution in [2.45, 2.75) is 46.3 Å². The summed E-state index contributed by atoms with van der Waals surface area (Å²) in [5, 5.41) is 10.5. The maximum atomic E-state index is 12.4. The van der Waals surface area contributed by atoms with Crippen LogP contribution in [0.25, 0.3) is 0 Å². The molecule has 0 bridgehead atoms. The van der Waals surface area contributed by atoms with Crippen LogP contribution >= 0.6 is 47.2 Å². The second-order valence-corrected chi connectivity index (χ2v) is 8.55. The molecule has 1 aromatic heterocycles. The van der Waals surface area contributed by atoms with Gasteiger partial charge in [-0.3, -0.25) is 4.79 Å². The van der Waals surface area contributed by atoms with Crippen molar-refractivity contribution in [1.29, 1.82) is 0 Å². The molecule has 3 N–H and O–H groups in total. The molecule has 0 saturated carbocycles. The average Bonchev–Trinajstić information content (AvgIpc) is 2.89. The van der Waals surface area contributed by atoms with E-state index in [1.54, 1.807) is 6.07 Å². The molecule has 6 nitrogen and oxygen atoms in total. The zero-order valence-corrected chi connectivity index (χ0v) is 21.8. The van der Waals surface area contributed by atoms with Crippen molar-refractivity contribution in [2.24, 2.45) is 12.0 Å². The van der Waals surface area contributed by atoms with Crippen LogP contribution in [0.1, 0.15) is 49.3 Å². The fourth-order valence-corrected chi connectivity index (χ4v) is 3.08. The highest BCUT2D eigenvalue weighted by atomic mass is 127. The van der Waals surface area contributed by atoms with E-state index in [4.69, 9.17) is 23.2 Å². The number of hydrogen-bond acceptors (Lipinski definition) is 2. The van der Waals surface area contributed by atoms with Crippen LogP contribution < -0.4 is 16.0 Å². The Morgan fingerprint density at radius 2 is 1.87 bits per heavy atom. The predicted molar refractivity (Wildman–Crippen MR) is 136 cm³/mol. The Hall–Kier alpha value is -1.45. The number of benzene rings is 1. The fraction of sp³-hybridized carbons (Fsp3) is 0.429. The minimum absolute atomic E-state index is 0. The summed E-state index contributed by atoms with van der Waals surface area (Å²) in [5.74, 6) is 0.580. The van der Waals surface area contributed by atoms with Gasteiger partial charge in [0.15, 0.2) is 5.96 Å². The zero-order chi connectivity index (χ0) is 21.6. The number of aromatic nitrogens is 1. The summed E-state index contributed by atoms with van der Waals surface area (Å²) in [5.41, 5.74) is 2.25. The lowest BCUT2D eigenvalue weighted by atomic mass is 10.1. The Labute approximate surface area is 205 Å². The van der Waals surface area contributed by atoms with Gasteiger partial charge >= 0.3 is 0 Å². The summed E-state index contributed by atoms with van der Waals surface area (Å²) in [6.07, 6.45) is 0. The quantitative estimate of drug-likeness (QED) is 0.269. The van der Waals surface area contributed by atoms with Crippen molar-refractivity contribution < 1.29 is 4.79 Å². The summed E-state index contributed by atoms with van der Waals surface area (Å²) in [6.45, 7) is 9.59. The smallest absolute Gasteiger partial charge is 0.251 e. The zero-order valence-electron chi connectivity index (χ0n) is 18.0. The summed E-state index contributed by atoms with van der Waals surface area (Å²) in [4.78, 5) is 17.0. The maximum Gasteiger partial charge on any atom is 0.251 e. The minimum atomic E-state index is -0.282. The molecule has 1 heterocycles. The minimum Gasteiger partial charge on any atom is -0.357 e. The van der Waals surface area contributed by atoms with Crippen molar-refractivity contribution in [2.75, 3.05) is 6.54 Å². The first-order chi connectivity index (χ1) is 13.6. The van der Waals surface area contributed by atoms with Crippen LogP contribution in [0.5, 0.6) is 0 Å². The molecule has 1 aromatic carbocycles. The maximum absolute atomic E-state index is 12.4. The third-order valence-corrected chi connectivity index (χ3v) is 4.94. The van der Waals surface area contributed by atoms with Gasteiger partial charge < -0.3 is 20.5 Å². The lowest BCUT2D eigenvalue weighted by Gasteiger charge is -2.20. The Morgan fingerprint density at radius 3 is 2.43 bits per heavy atom. The Bertz CT molecular complexity index is 890. The monoisotopic (exact) mass is 565 g/mol. The first-order valence-corrected chi connectivity index (χ1v) is 10.3. The molecule has 0 radical (unpaired) electrons. The van der Waals surface area contributed by atoms with E-state index in [2.05, 4.69) is 20.9 Å². The number of nitrogens with one attached hydrogen (secondary N) is 3. The molecule has 30 heavy (non-hydrogen) atoms. The number of aliphatic imine (C=N–C) groups is 1. The Balaban J connectivity index is 0.00000450. The molecule has 0 aliphatic heterocycles. The van der Waals surface area contributed by atoms with E-state index in [0.29, 0.717) is 34.8 Å². The van der Waals surface area contributed by atoms with Crippen LogP contribution in [-0.4, -0.2) is 28.5 Å². The molecule has 0 fully saturated rings. The number of guanidine groups is 1. The Kier molecular flexibility index (Phi) is 10.5. The molecule has 0 saturated heterocycles. The van der Waals surface area contributed by atoms with Gasteiger partial charge in [0.2, 0.25) is 0 Å². The normalized spacial score (nSPS) is 11.6. The Morgan fingerprint density at radius 1 is 1.17 bits per heavy atom. The molecule has 166 valence electrons. The lowest BCUT2D eigenvalue weighted by Crippen LogP contribution is -2.40. The SMILES string of the molecule is CCNC(=NCc1cccc(C(=O)NC(C)(C)C)c1)NCc1cc(Cl)c(Cl)n1C.I. The van der Waals surface area contributed by atoms with Gasteiger partial charge in [0.05, 0.1) is 18.1 Å². The molecule has 0 atom stereocenters. The number of carbonyl (C=O) groups is 1. The van der Waals surface area contributed by atoms with Crippen molar-refractivity contribution in [3.63, 3.8) is 0 Å². The highest BCUT2D eigenvalue weighted by Crippen LogP contribution is 2.24. The topological polar surface area (TPSA) is 70.4 Å². The van der Waals surface area contributed by atoms with Gasteiger partial charge in [-0.05, 0) is 51.5 Å². The first kappa shape index (κ1) is 26.6. The van der Waals surface area contributed by atoms with E-state index in [0.717, 1.165) is 17.8 Å². The third-order valence-electron chi connectivity index (χ3n) is 4.09. The number of amides is 1. The first-order valence-electron chi connectivity index (χ1n) is 9.54. The van der Waals surface area contributed by atoms with E-state index in [-0.39, 0.29) is 35.4 Å². The highest BCUT2D eigenvalue weighted by Gasteiger charge is 2.15. The van der Waals surface area contributed by atoms with E-state index < -0.39 is 0 Å². The van der Waals surface area contributed by atoms with Crippen LogP contribution in [0.15, 0.2) is 35.3 Å². The van der Waals surface area contributed by atoms with Gasteiger partial charge in [0, 0.05) is 30.4 Å². The standard InChI is InChI=1S/C21H29Cl2N5O.HI/c1-6-24-20(26-13-16-11-17(22)18(23)28(16)5)25-12-14-8-7-9-15(10-14)19(29)27-21(2,3)4;/h7-11H,6,12-13H2,1-5H3,(H,27,29)(H2,24,25,26);1H. The van der Waals surface area contributed by atoms with Gasteiger partial charge in [-0.1, -0.05) is 35.3 Å². The molecule has 2 rings (SSSR count). The fourth-order valence-electron chi connectivity index (χ4n) is 2.67. The number of hydrogen-bond donors (Lipinski definition) is 3. The molecule has 0 aliphatic carbocycles. The molecular formula is C21H30Cl2IN5O. The van der Waals surface area contributed by atoms with Crippen molar-refractivity contribution >= 4 is 59.0 Å². The average molecular weight is 566 g/mol. The predicted octanol–water partition coefficient (Wildman–Crippen LogP) is 4.73. The van der Waals surface area contributed by atoms with Gasteiger partial charge in [-0.2, -0.15) is 0 Å². The van der Waals surface area contributed by atoms with Crippen LogP contribution in [0.2, 0.25) is 10.2 Å². The number of halogens is 3. The summed E-state index contributed by atoms with van der Waals surface area (Å²) in [7, 11) is 1.86.